The highest BCUT2D eigenvalue weighted by Gasteiger charge is 2.23. The molecule has 0 heterocycles. The zero-order chi connectivity index (χ0) is 16.0. The van der Waals surface area contributed by atoms with Crippen LogP contribution in [0.4, 0.5) is 5.69 Å². The summed E-state index contributed by atoms with van der Waals surface area (Å²) < 4.78 is 0. The van der Waals surface area contributed by atoms with Gasteiger partial charge in [-0.05, 0) is 47.0 Å². The number of hydrogen-bond donors (Lipinski definition) is 3. The summed E-state index contributed by atoms with van der Waals surface area (Å²) in [5.74, 6) is -0.112. The summed E-state index contributed by atoms with van der Waals surface area (Å²) in [7, 11) is 3.81. The van der Waals surface area contributed by atoms with Gasteiger partial charge in [-0.1, -0.05) is 17.7 Å². The van der Waals surface area contributed by atoms with Crippen molar-refractivity contribution in [1.29, 1.82) is 0 Å². The van der Waals surface area contributed by atoms with E-state index in [1.165, 1.54) is 0 Å². The molecule has 0 saturated carbocycles. The molecule has 0 aromatic heterocycles. The summed E-state index contributed by atoms with van der Waals surface area (Å²) in [4.78, 5) is 14.0. The van der Waals surface area contributed by atoms with Crippen LogP contribution < -0.4 is 10.6 Å². The summed E-state index contributed by atoms with van der Waals surface area (Å²) in [6.45, 7) is 6.43. The number of rotatable bonds is 7. The summed E-state index contributed by atoms with van der Waals surface area (Å²) in [6, 6.07) is 7.29. The van der Waals surface area contributed by atoms with Crippen molar-refractivity contribution in [2.24, 2.45) is 0 Å². The number of likely N-dealkylation sites (N-methyl/N-ethyl adjacent to an activating group) is 1. The molecule has 0 saturated heterocycles. The number of carbonyl (C=O) groups is 1. The van der Waals surface area contributed by atoms with E-state index < -0.39 is 5.60 Å². The van der Waals surface area contributed by atoms with Crippen LogP contribution in [0.15, 0.2) is 24.3 Å². The number of aryl methyl sites for hydroxylation is 1. The van der Waals surface area contributed by atoms with E-state index in [9.17, 15) is 9.90 Å². The summed E-state index contributed by atoms with van der Waals surface area (Å²) in [5.41, 5.74) is 1.06. The highest BCUT2D eigenvalue weighted by molar-refractivity contribution is 5.94. The smallest absolute Gasteiger partial charge is 0.241 e. The predicted octanol–water partition coefficient (Wildman–Crippen LogP) is 1.22. The normalized spacial score (nSPS) is 15.6. The third kappa shape index (κ3) is 6.71. The Morgan fingerprint density at radius 3 is 2.43 bits per heavy atom. The first-order valence-electron chi connectivity index (χ1n) is 7.18. The van der Waals surface area contributed by atoms with Gasteiger partial charge in [0.25, 0.3) is 0 Å². The van der Waals surface area contributed by atoms with E-state index >= 15 is 0 Å². The first-order chi connectivity index (χ1) is 9.69. The van der Waals surface area contributed by atoms with Gasteiger partial charge in [-0.15, -0.1) is 0 Å². The van der Waals surface area contributed by atoms with Crippen molar-refractivity contribution < 1.29 is 9.90 Å². The van der Waals surface area contributed by atoms with Crippen molar-refractivity contribution in [2.45, 2.75) is 32.4 Å². The second-order valence-corrected chi connectivity index (χ2v) is 6.19. The molecule has 0 fully saturated rings. The topological polar surface area (TPSA) is 64.6 Å². The average Bonchev–Trinajstić information content (AvgIpc) is 2.37. The van der Waals surface area contributed by atoms with Crippen molar-refractivity contribution in [2.75, 3.05) is 32.5 Å². The van der Waals surface area contributed by atoms with Crippen molar-refractivity contribution in [3.63, 3.8) is 0 Å². The van der Waals surface area contributed by atoms with Crippen LogP contribution in [-0.4, -0.2) is 54.7 Å². The van der Waals surface area contributed by atoms with E-state index in [0.29, 0.717) is 13.1 Å². The zero-order valence-electron chi connectivity index (χ0n) is 13.6. The van der Waals surface area contributed by atoms with Crippen LogP contribution in [0.2, 0.25) is 0 Å². The molecule has 21 heavy (non-hydrogen) atoms. The molecule has 1 amide bonds. The largest absolute Gasteiger partial charge is 0.388 e. The second kappa shape index (κ2) is 7.54. The molecule has 2 atom stereocenters. The SMILES string of the molecule is Cc1ccc(NC(=O)C(C)NCC(C)(O)CN(C)C)cc1. The molecule has 5 heteroatoms. The number of nitrogens with zero attached hydrogens (tertiary/aromatic N) is 1. The number of amides is 1. The van der Waals surface area contributed by atoms with Gasteiger partial charge >= 0.3 is 0 Å². The van der Waals surface area contributed by atoms with Crippen molar-refractivity contribution in [3.8, 4) is 0 Å². The maximum absolute atomic E-state index is 12.1. The molecule has 0 bridgehead atoms. The van der Waals surface area contributed by atoms with Crippen LogP contribution in [0, 0.1) is 6.92 Å². The van der Waals surface area contributed by atoms with Gasteiger partial charge in [0.05, 0.1) is 11.6 Å². The Morgan fingerprint density at radius 2 is 1.90 bits per heavy atom. The fraction of sp³-hybridized carbons (Fsp3) is 0.562. The molecule has 1 rings (SSSR count). The van der Waals surface area contributed by atoms with Crippen LogP contribution in [0.3, 0.4) is 0 Å². The van der Waals surface area contributed by atoms with Gasteiger partial charge in [-0.2, -0.15) is 0 Å². The summed E-state index contributed by atoms with van der Waals surface area (Å²) in [5, 5.41) is 16.1. The van der Waals surface area contributed by atoms with E-state index in [4.69, 9.17) is 0 Å². The summed E-state index contributed by atoms with van der Waals surface area (Å²) >= 11 is 0. The summed E-state index contributed by atoms with van der Waals surface area (Å²) in [6.07, 6.45) is 0. The van der Waals surface area contributed by atoms with E-state index in [1.54, 1.807) is 13.8 Å². The Morgan fingerprint density at radius 1 is 1.33 bits per heavy atom. The van der Waals surface area contributed by atoms with E-state index in [-0.39, 0.29) is 11.9 Å². The number of hydrogen-bond acceptors (Lipinski definition) is 4. The Balaban J connectivity index is 2.46. The fourth-order valence-corrected chi connectivity index (χ4v) is 2.09. The minimum absolute atomic E-state index is 0.112. The predicted molar refractivity (Wildman–Crippen MR) is 86.5 cm³/mol. The van der Waals surface area contributed by atoms with Gasteiger partial charge < -0.3 is 20.6 Å². The van der Waals surface area contributed by atoms with Gasteiger partial charge in [-0.25, -0.2) is 0 Å². The monoisotopic (exact) mass is 293 g/mol. The zero-order valence-corrected chi connectivity index (χ0v) is 13.6. The lowest BCUT2D eigenvalue weighted by atomic mass is 10.1. The fourth-order valence-electron chi connectivity index (χ4n) is 2.09. The van der Waals surface area contributed by atoms with Crippen LogP contribution in [-0.2, 0) is 4.79 Å². The van der Waals surface area contributed by atoms with E-state index in [0.717, 1.165) is 11.3 Å². The Labute approximate surface area is 127 Å². The Hall–Kier alpha value is -1.43. The minimum atomic E-state index is -0.873. The number of nitrogens with one attached hydrogen (secondary N) is 2. The number of benzene rings is 1. The molecule has 5 nitrogen and oxygen atoms in total. The maximum atomic E-state index is 12.1. The molecule has 3 N–H and O–H groups in total. The first kappa shape index (κ1) is 17.6. The molecule has 1 aromatic rings. The third-order valence-electron chi connectivity index (χ3n) is 3.16. The maximum Gasteiger partial charge on any atom is 0.241 e. The lowest BCUT2D eigenvalue weighted by Gasteiger charge is -2.28. The molecule has 0 aliphatic heterocycles. The number of anilines is 1. The molecular formula is C16H27N3O2. The van der Waals surface area contributed by atoms with Gasteiger partial charge in [0.1, 0.15) is 0 Å². The highest BCUT2D eigenvalue weighted by Crippen LogP contribution is 2.09. The molecule has 118 valence electrons. The third-order valence-corrected chi connectivity index (χ3v) is 3.16. The molecule has 0 aliphatic rings. The Kier molecular flexibility index (Phi) is 6.33. The lowest BCUT2D eigenvalue weighted by molar-refractivity contribution is -0.118. The van der Waals surface area contributed by atoms with Crippen molar-refractivity contribution in [1.82, 2.24) is 10.2 Å². The standard InChI is InChI=1S/C16H27N3O2/c1-12-6-8-14(9-7-12)18-15(20)13(2)17-10-16(3,21)11-19(4)5/h6-9,13,17,21H,10-11H2,1-5H3,(H,18,20). The van der Waals surface area contributed by atoms with Crippen LogP contribution in [0.25, 0.3) is 0 Å². The van der Waals surface area contributed by atoms with E-state index in [2.05, 4.69) is 10.6 Å². The van der Waals surface area contributed by atoms with Crippen molar-refractivity contribution >= 4 is 11.6 Å². The van der Waals surface area contributed by atoms with Gasteiger partial charge in [-0.3, -0.25) is 4.79 Å². The quantitative estimate of drug-likeness (QED) is 0.707. The average molecular weight is 293 g/mol. The molecule has 0 spiro atoms. The first-order valence-corrected chi connectivity index (χ1v) is 7.18. The Bertz CT molecular complexity index is 455. The molecular weight excluding hydrogens is 266 g/mol. The van der Waals surface area contributed by atoms with Crippen molar-refractivity contribution in [3.05, 3.63) is 29.8 Å². The second-order valence-electron chi connectivity index (χ2n) is 6.19. The molecule has 0 aliphatic carbocycles. The van der Waals surface area contributed by atoms with Crippen LogP contribution in [0.1, 0.15) is 19.4 Å². The highest BCUT2D eigenvalue weighted by atomic mass is 16.3. The molecule has 1 aromatic carbocycles. The minimum Gasteiger partial charge on any atom is -0.388 e. The van der Waals surface area contributed by atoms with Crippen LogP contribution in [0.5, 0.6) is 0 Å². The molecule has 0 radical (unpaired) electrons. The van der Waals surface area contributed by atoms with Crippen LogP contribution >= 0.6 is 0 Å². The van der Waals surface area contributed by atoms with Gasteiger partial charge in [0, 0.05) is 18.8 Å². The number of carbonyl (C=O) groups excluding carboxylic acids is 1. The number of aliphatic hydroxyl groups is 1. The lowest BCUT2D eigenvalue weighted by Crippen LogP contribution is -2.50. The van der Waals surface area contributed by atoms with Gasteiger partial charge in [0.15, 0.2) is 0 Å². The van der Waals surface area contributed by atoms with E-state index in [1.807, 2.05) is 50.2 Å². The van der Waals surface area contributed by atoms with Gasteiger partial charge in [0.2, 0.25) is 5.91 Å². The molecule has 2 unspecified atom stereocenters.